The maximum atomic E-state index is 11.5. The molecule has 0 bridgehead atoms. The molecular weight excluding hydrogens is 330 g/mol. The third-order valence-corrected chi connectivity index (χ3v) is 3.89. The number of halogens is 1. The van der Waals surface area contributed by atoms with E-state index in [9.17, 15) is 9.59 Å². The van der Waals surface area contributed by atoms with Gasteiger partial charge in [0.2, 0.25) is 0 Å². The summed E-state index contributed by atoms with van der Waals surface area (Å²) in [6, 6.07) is 16.1. The lowest BCUT2D eigenvalue weighted by molar-refractivity contribution is -0.123. The Morgan fingerprint density at radius 1 is 0.857 bits per heavy atom. The summed E-state index contributed by atoms with van der Waals surface area (Å²) in [6.45, 7) is 0. The first kappa shape index (κ1) is 13.8. The molecule has 2 aromatic carbocycles. The van der Waals surface area contributed by atoms with Gasteiger partial charge in [-0.15, -0.1) is 0 Å². The van der Waals surface area contributed by atoms with Crippen molar-refractivity contribution in [1.82, 2.24) is 5.32 Å². The fraction of sp³-hybridized carbons (Fsp3) is 0.0588. The Bertz CT molecular complexity index is 730. The van der Waals surface area contributed by atoms with Crippen LogP contribution in [-0.4, -0.2) is 11.8 Å². The van der Waals surface area contributed by atoms with E-state index in [0.717, 1.165) is 21.2 Å². The molecule has 21 heavy (non-hydrogen) atoms. The number of imide groups is 1. The lowest BCUT2D eigenvalue weighted by Crippen LogP contribution is -2.22. The normalized spacial score (nSPS) is 14.0. The van der Waals surface area contributed by atoms with Gasteiger partial charge in [-0.25, -0.2) is 0 Å². The molecule has 0 spiro atoms. The van der Waals surface area contributed by atoms with Crippen LogP contribution >= 0.6 is 15.9 Å². The Hall–Kier alpha value is -2.20. The summed E-state index contributed by atoms with van der Waals surface area (Å²) in [7, 11) is 0. The predicted octanol–water partition coefficient (Wildman–Crippen LogP) is 3.24. The zero-order chi connectivity index (χ0) is 14.8. The zero-order valence-corrected chi connectivity index (χ0v) is 12.7. The molecule has 0 aliphatic carbocycles. The molecule has 0 fully saturated rings. The first-order valence-electron chi connectivity index (χ1n) is 6.52. The van der Waals surface area contributed by atoms with Gasteiger partial charge in [0.15, 0.2) is 0 Å². The van der Waals surface area contributed by atoms with Gasteiger partial charge < -0.3 is 0 Å². The minimum absolute atomic E-state index is 0.294. The smallest absolute Gasteiger partial charge is 0.254 e. The highest BCUT2D eigenvalue weighted by atomic mass is 79.9. The molecule has 4 heteroatoms. The third kappa shape index (κ3) is 3.11. The number of carbonyl (C=O) groups is 2. The lowest BCUT2D eigenvalue weighted by Gasteiger charge is -2.05. The van der Waals surface area contributed by atoms with E-state index >= 15 is 0 Å². The van der Waals surface area contributed by atoms with E-state index < -0.39 is 0 Å². The van der Waals surface area contributed by atoms with Crippen LogP contribution in [0.3, 0.4) is 0 Å². The van der Waals surface area contributed by atoms with Gasteiger partial charge in [-0.05, 0) is 28.8 Å². The molecule has 104 valence electrons. The molecule has 1 N–H and O–H groups in total. The minimum atomic E-state index is -0.332. The van der Waals surface area contributed by atoms with Gasteiger partial charge in [-0.2, -0.15) is 0 Å². The Labute approximate surface area is 130 Å². The van der Waals surface area contributed by atoms with Crippen LogP contribution in [0.15, 0.2) is 64.7 Å². The second-order valence-corrected chi connectivity index (χ2v) is 5.78. The molecule has 0 radical (unpaired) electrons. The maximum Gasteiger partial charge on any atom is 0.254 e. The van der Waals surface area contributed by atoms with Crippen LogP contribution in [-0.2, 0) is 16.0 Å². The van der Waals surface area contributed by atoms with Crippen molar-refractivity contribution in [2.24, 2.45) is 0 Å². The molecule has 3 rings (SSSR count). The summed E-state index contributed by atoms with van der Waals surface area (Å²) in [6.07, 6.45) is 1.84. The van der Waals surface area contributed by atoms with Gasteiger partial charge in [0, 0.05) is 22.5 Å². The third-order valence-electron chi connectivity index (χ3n) is 3.36. The van der Waals surface area contributed by atoms with Gasteiger partial charge in [-0.1, -0.05) is 52.3 Å². The first-order chi connectivity index (χ1) is 10.1. The quantitative estimate of drug-likeness (QED) is 0.871. The molecule has 3 nitrogen and oxygen atoms in total. The average Bonchev–Trinajstić information content (AvgIpc) is 2.79. The van der Waals surface area contributed by atoms with E-state index in [1.807, 2.05) is 48.5 Å². The van der Waals surface area contributed by atoms with Crippen molar-refractivity contribution < 1.29 is 9.59 Å². The second kappa shape index (κ2) is 5.66. The Balaban J connectivity index is 1.78. The van der Waals surface area contributed by atoms with Crippen molar-refractivity contribution in [1.29, 1.82) is 0 Å². The molecule has 0 aromatic heterocycles. The number of benzene rings is 2. The summed E-state index contributed by atoms with van der Waals surface area (Å²) in [4.78, 5) is 22.6. The van der Waals surface area contributed by atoms with Crippen molar-refractivity contribution in [2.45, 2.75) is 6.42 Å². The average molecular weight is 342 g/mol. The van der Waals surface area contributed by atoms with Crippen molar-refractivity contribution >= 4 is 27.7 Å². The second-order valence-electron chi connectivity index (χ2n) is 4.87. The molecule has 2 aromatic rings. The molecule has 1 aliphatic rings. The Morgan fingerprint density at radius 3 is 1.95 bits per heavy atom. The maximum absolute atomic E-state index is 11.5. The Kier molecular flexibility index (Phi) is 3.71. The SMILES string of the molecule is O=C1C=C(Cc2ccc(-c3ccc(Br)cc3)cc2)C(=O)N1. The monoisotopic (exact) mass is 341 g/mol. The number of hydrogen-bond donors (Lipinski definition) is 1. The molecule has 1 aliphatic heterocycles. The molecular formula is C17H12BrNO2. The number of carbonyl (C=O) groups excluding carboxylic acids is 2. The number of amides is 2. The van der Waals surface area contributed by atoms with Crippen LogP contribution in [0.25, 0.3) is 11.1 Å². The highest BCUT2D eigenvalue weighted by molar-refractivity contribution is 9.10. The lowest BCUT2D eigenvalue weighted by atomic mass is 10.0. The van der Waals surface area contributed by atoms with Gasteiger partial charge in [0.1, 0.15) is 0 Å². The van der Waals surface area contributed by atoms with Gasteiger partial charge in [-0.3, -0.25) is 14.9 Å². The van der Waals surface area contributed by atoms with Crippen LogP contribution in [0, 0.1) is 0 Å². The van der Waals surface area contributed by atoms with E-state index in [-0.39, 0.29) is 11.8 Å². The minimum Gasteiger partial charge on any atom is -0.289 e. The van der Waals surface area contributed by atoms with E-state index in [1.165, 1.54) is 6.08 Å². The Morgan fingerprint density at radius 2 is 1.43 bits per heavy atom. The van der Waals surface area contributed by atoms with Gasteiger partial charge in [0.05, 0.1) is 0 Å². The molecule has 0 saturated carbocycles. The highest BCUT2D eigenvalue weighted by Gasteiger charge is 2.20. The molecule has 2 amide bonds. The summed E-state index contributed by atoms with van der Waals surface area (Å²) in [5.41, 5.74) is 3.77. The van der Waals surface area contributed by atoms with Crippen LogP contribution < -0.4 is 5.32 Å². The van der Waals surface area contributed by atoms with E-state index in [0.29, 0.717) is 12.0 Å². The standard InChI is InChI=1S/C17H12BrNO2/c18-15-7-5-13(6-8-15)12-3-1-11(2-4-12)9-14-10-16(20)19-17(14)21/h1-8,10H,9H2,(H,19,20,21). The van der Waals surface area contributed by atoms with Crippen molar-refractivity contribution in [3.05, 3.63) is 70.2 Å². The number of hydrogen-bond acceptors (Lipinski definition) is 2. The van der Waals surface area contributed by atoms with E-state index in [4.69, 9.17) is 0 Å². The summed E-state index contributed by atoms with van der Waals surface area (Å²) in [5.74, 6) is -0.626. The van der Waals surface area contributed by atoms with E-state index in [1.54, 1.807) is 0 Å². The molecule has 0 saturated heterocycles. The van der Waals surface area contributed by atoms with Crippen LogP contribution in [0.4, 0.5) is 0 Å². The fourth-order valence-electron chi connectivity index (χ4n) is 2.26. The van der Waals surface area contributed by atoms with E-state index in [2.05, 4.69) is 21.2 Å². The topological polar surface area (TPSA) is 46.2 Å². The summed E-state index contributed by atoms with van der Waals surface area (Å²) < 4.78 is 1.05. The van der Waals surface area contributed by atoms with Crippen molar-refractivity contribution in [3.8, 4) is 11.1 Å². The van der Waals surface area contributed by atoms with Crippen molar-refractivity contribution in [3.63, 3.8) is 0 Å². The van der Waals surface area contributed by atoms with Crippen LogP contribution in [0.2, 0.25) is 0 Å². The number of nitrogens with one attached hydrogen (secondary N) is 1. The van der Waals surface area contributed by atoms with Gasteiger partial charge >= 0.3 is 0 Å². The van der Waals surface area contributed by atoms with Gasteiger partial charge in [0.25, 0.3) is 11.8 Å². The van der Waals surface area contributed by atoms with Crippen LogP contribution in [0.1, 0.15) is 5.56 Å². The molecule has 0 atom stereocenters. The summed E-state index contributed by atoms with van der Waals surface area (Å²) >= 11 is 3.42. The highest BCUT2D eigenvalue weighted by Crippen LogP contribution is 2.23. The molecule has 0 unspecified atom stereocenters. The predicted molar refractivity (Wildman–Crippen MR) is 84.5 cm³/mol. The summed E-state index contributed by atoms with van der Waals surface area (Å²) in [5, 5.41) is 2.25. The fourth-order valence-corrected chi connectivity index (χ4v) is 2.52. The largest absolute Gasteiger partial charge is 0.289 e. The molecule has 1 heterocycles. The zero-order valence-electron chi connectivity index (χ0n) is 11.1. The first-order valence-corrected chi connectivity index (χ1v) is 7.32. The van der Waals surface area contributed by atoms with Crippen LogP contribution in [0.5, 0.6) is 0 Å². The number of rotatable bonds is 3. The van der Waals surface area contributed by atoms with Crippen molar-refractivity contribution in [2.75, 3.05) is 0 Å².